The molecule has 0 aromatic carbocycles. The van der Waals surface area contributed by atoms with Crippen LogP contribution in [0.2, 0.25) is 0 Å². The normalized spacial score (nSPS) is 16.7. The van der Waals surface area contributed by atoms with Crippen LogP contribution in [0.3, 0.4) is 0 Å². The Balaban J connectivity index is 2.09. The topological polar surface area (TPSA) is 50.3 Å². The summed E-state index contributed by atoms with van der Waals surface area (Å²) in [6.45, 7) is 4.59. The minimum Gasteiger partial charge on any atom is -0.378 e. The molecule has 1 aromatic heterocycles. The van der Waals surface area contributed by atoms with Crippen molar-refractivity contribution in [2.75, 3.05) is 38.2 Å². The number of nitrogens with one attached hydrogen (secondary N) is 1. The molecule has 1 saturated heterocycles. The van der Waals surface area contributed by atoms with Crippen LogP contribution in [0.15, 0.2) is 12.4 Å². The Hall–Kier alpha value is -1.20. The Morgan fingerprint density at radius 1 is 1.40 bits per heavy atom. The standard InChI is InChI=1S/C10H16N4O/c1-15-7-9-6-10(13-8-12-9)14-4-2-11-3-5-14/h6,8,11H,2-5,7H2,1H3. The van der Waals surface area contributed by atoms with E-state index in [1.807, 2.05) is 6.07 Å². The van der Waals surface area contributed by atoms with Gasteiger partial charge in [0, 0.05) is 39.4 Å². The highest BCUT2D eigenvalue weighted by Crippen LogP contribution is 2.11. The van der Waals surface area contributed by atoms with E-state index in [2.05, 4.69) is 20.2 Å². The van der Waals surface area contributed by atoms with Crippen molar-refractivity contribution >= 4 is 5.82 Å². The molecule has 1 fully saturated rings. The molecule has 1 aliphatic rings. The monoisotopic (exact) mass is 208 g/mol. The van der Waals surface area contributed by atoms with E-state index < -0.39 is 0 Å². The quantitative estimate of drug-likeness (QED) is 0.759. The van der Waals surface area contributed by atoms with E-state index in [0.29, 0.717) is 6.61 Å². The van der Waals surface area contributed by atoms with Gasteiger partial charge in [-0.25, -0.2) is 9.97 Å². The Labute approximate surface area is 89.5 Å². The van der Waals surface area contributed by atoms with Gasteiger partial charge in [0.05, 0.1) is 12.3 Å². The van der Waals surface area contributed by atoms with Crippen molar-refractivity contribution in [2.24, 2.45) is 0 Å². The van der Waals surface area contributed by atoms with Gasteiger partial charge in [0.25, 0.3) is 0 Å². The van der Waals surface area contributed by atoms with Gasteiger partial charge in [-0.3, -0.25) is 0 Å². The van der Waals surface area contributed by atoms with Crippen LogP contribution in [0.25, 0.3) is 0 Å². The highest BCUT2D eigenvalue weighted by Gasteiger charge is 2.11. The zero-order valence-corrected chi connectivity index (χ0v) is 8.94. The van der Waals surface area contributed by atoms with Crippen molar-refractivity contribution < 1.29 is 4.74 Å². The van der Waals surface area contributed by atoms with Crippen molar-refractivity contribution in [1.82, 2.24) is 15.3 Å². The number of hydrogen-bond acceptors (Lipinski definition) is 5. The average molecular weight is 208 g/mol. The second-order valence-electron chi connectivity index (χ2n) is 3.54. The maximum absolute atomic E-state index is 5.05. The predicted molar refractivity (Wildman–Crippen MR) is 57.8 cm³/mol. The third-order valence-electron chi connectivity index (χ3n) is 2.44. The molecular weight excluding hydrogens is 192 g/mol. The van der Waals surface area contributed by atoms with Gasteiger partial charge in [0.1, 0.15) is 12.1 Å². The van der Waals surface area contributed by atoms with Gasteiger partial charge in [-0.2, -0.15) is 0 Å². The summed E-state index contributed by atoms with van der Waals surface area (Å²) in [6.07, 6.45) is 1.60. The van der Waals surface area contributed by atoms with E-state index in [0.717, 1.165) is 37.7 Å². The first-order chi connectivity index (χ1) is 7.40. The van der Waals surface area contributed by atoms with Crippen molar-refractivity contribution in [3.05, 3.63) is 18.1 Å². The molecule has 0 amide bonds. The predicted octanol–water partition coefficient (Wildman–Crippen LogP) is 0.0326. The molecule has 2 heterocycles. The summed E-state index contributed by atoms with van der Waals surface area (Å²) in [6, 6.07) is 1.99. The molecule has 0 unspecified atom stereocenters. The third-order valence-corrected chi connectivity index (χ3v) is 2.44. The van der Waals surface area contributed by atoms with E-state index in [1.165, 1.54) is 0 Å². The summed E-state index contributed by atoms with van der Waals surface area (Å²) < 4.78 is 5.05. The van der Waals surface area contributed by atoms with Crippen LogP contribution in [0.5, 0.6) is 0 Å². The fourth-order valence-electron chi connectivity index (χ4n) is 1.68. The SMILES string of the molecule is COCc1cc(N2CCNCC2)ncn1. The first-order valence-electron chi connectivity index (χ1n) is 5.15. The molecule has 2 rings (SSSR count). The highest BCUT2D eigenvalue weighted by molar-refractivity contribution is 5.39. The smallest absolute Gasteiger partial charge is 0.132 e. The minimum atomic E-state index is 0.543. The van der Waals surface area contributed by atoms with Gasteiger partial charge in [0.2, 0.25) is 0 Å². The number of piperazine rings is 1. The molecule has 1 N–H and O–H groups in total. The van der Waals surface area contributed by atoms with E-state index in [1.54, 1.807) is 13.4 Å². The summed E-state index contributed by atoms with van der Waals surface area (Å²) in [5, 5.41) is 3.31. The lowest BCUT2D eigenvalue weighted by Crippen LogP contribution is -2.43. The van der Waals surface area contributed by atoms with Crippen LogP contribution in [-0.4, -0.2) is 43.3 Å². The zero-order chi connectivity index (χ0) is 10.5. The molecule has 1 aliphatic heterocycles. The second kappa shape index (κ2) is 5.04. The number of rotatable bonds is 3. The van der Waals surface area contributed by atoms with Gasteiger partial charge >= 0.3 is 0 Å². The molecule has 15 heavy (non-hydrogen) atoms. The maximum Gasteiger partial charge on any atom is 0.132 e. The molecule has 0 spiro atoms. The van der Waals surface area contributed by atoms with Crippen molar-refractivity contribution in [2.45, 2.75) is 6.61 Å². The molecule has 0 bridgehead atoms. The van der Waals surface area contributed by atoms with Crippen LogP contribution < -0.4 is 10.2 Å². The van der Waals surface area contributed by atoms with Crippen LogP contribution in [0.1, 0.15) is 5.69 Å². The van der Waals surface area contributed by atoms with Gasteiger partial charge in [0.15, 0.2) is 0 Å². The third kappa shape index (κ3) is 2.64. The summed E-state index contributed by atoms with van der Waals surface area (Å²) in [5.74, 6) is 0.999. The average Bonchev–Trinajstić information content (AvgIpc) is 2.31. The Kier molecular flexibility index (Phi) is 3.47. The van der Waals surface area contributed by atoms with Gasteiger partial charge in [-0.1, -0.05) is 0 Å². The number of methoxy groups -OCH3 is 1. The lowest BCUT2D eigenvalue weighted by Gasteiger charge is -2.28. The molecule has 0 aliphatic carbocycles. The number of ether oxygens (including phenoxy) is 1. The van der Waals surface area contributed by atoms with Crippen molar-refractivity contribution in [3.63, 3.8) is 0 Å². The molecule has 0 atom stereocenters. The molecule has 5 heteroatoms. The fraction of sp³-hybridized carbons (Fsp3) is 0.600. The number of aromatic nitrogens is 2. The first kappa shape index (κ1) is 10.3. The number of anilines is 1. The number of hydrogen-bond donors (Lipinski definition) is 1. The van der Waals surface area contributed by atoms with Crippen LogP contribution >= 0.6 is 0 Å². The largest absolute Gasteiger partial charge is 0.378 e. The highest BCUT2D eigenvalue weighted by atomic mass is 16.5. The van der Waals surface area contributed by atoms with Gasteiger partial charge in [-0.15, -0.1) is 0 Å². The van der Waals surface area contributed by atoms with Crippen LogP contribution in [0.4, 0.5) is 5.82 Å². The first-order valence-corrected chi connectivity index (χ1v) is 5.15. The lowest BCUT2D eigenvalue weighted by atomic mass is 10.3. The van der Waals surface area contributed by atoms with E-state index >= 15 is 0 Å². The molecule has 0 saturated carbocycles. The number of nitrogens with zero attached hydrogens (tertiary/aromatic N) is 3. The van der Waals surface area contributed by atoms with Gasteiger partial charge in [-0.05, 0) is 0 Å². The summed E-state index contributed by atoms with van der Waals surface area (Å²) >= 11 is 0. The van der Waals surface area contributed by atoms with E-state index in [9.17, 15) is 0 Å². The molecule has 0 radical (unpaired) electrons. The summed E-state index contributed by atoms with van der Waals surface area (Å²) in [5.41, 5.74) is 0.932. The van der Waals surface area contributed by atoms with E-state index in [-0.39, 0.29) is 0 Å². The van der Waals surface area contributed by atoms with E-state index in [4.69, 9.17) is 4.74 Å². The van der Waals surface area contributed by atoms with Gasteiger partial charge < -0.3 is 15.0 Å². The Bertz CT molecular complexity index is 312. The summed E-state index contributed by atoms with van der Waals surface area (Å²) in [7, 11) is 1.67. The maximum atomic E-state index is 5.05. The van der Waals surface area contributed by atoms with Crippen molar-refractivity contribution in [1.29, 1.82) is 0 Å². The van der Waals surface area contributed by atoms with Crippen molar-refractivity contribution in [3.8, 4) is 0 Å². The molecule has 5 nitrogen and oxygen atoms in total. The Morgan fingerprint density at radius 3 is 2.93 bits per heavy atom. The van der Waals surface area contributed by atoms with Crippen LogP contribution in [0, 0.1) is 0 Å². The molecule has 82 valence electrons. The minimum absolute atomic E-state index is 0.543. The fourth-order valence-corrected chi connectivity index (χ4v) is 1.68. The second-order valence-corrected chi connectivity index (χ2v) is 3.54. The summed E-state index contributed by atoms with van der Waals surface area (Å²) in [4.78, 5) is 10.7. The Morgan fingerprint density at radius 2 is 2.20 bits per heavy atom. The molecule has 1 aromatic rings. The lowest BCUT2D eigenvalue weighted by molar-refractivity contribution is 0.181. The zero-order valence-electron chi connectivity index (χ0n) is 8.94. The van der Waals surface area contributed by atoms with Crippen LogP contribution in [-0.2, 0) is 11.3 Å². The molecular formula is C10H16N4O.